The summed E-state index contributed by atoms with van der Waals surface area (Å²) in [6.45, 7) is 4.64. The molecule has 6 aromatic rings. The van der Waals surface area contributed by atoms with E-state index in [4.69, 9.17) is 4.65 Å². The lowest BCUT2D eigenvalue weighted by molar-refractivity contribution is 0.288. The molecule has 0 spiro atoms. The molecule has 2 N–H and O–H groups in total. The maximum atomic E-state index is 9.25. The largest absolute Gasteiger partial charge is 0.707 e. The predicted molar refractivity (Wildman–Crippen MR) is 159 cm³/mol. The zero-order chi connectivity index (χ0) is 26.0. The molecule has 0 fully saturated rings. The average Bonchev–Trinajstić information content (AvgIpc) is 3.41. The Bertz CT molecular complexity index is 1870. The Morgan fingerprint density at radius 1 is 0.605 bits per heavy atom. The molecule has 7 rings (SSSR count). The molecule has 38 heavy (non-hydrogen) atoms. The topological polar surface area (TPSA) is 49.7 Å². The summed E-state index contributed by atoms with van der Waals surface area (Å²) in [6.07, 6.45) is 0. The van der Waals surface area contributed by atoms with Crippen molar-refractivity contribution in [3.63, 3.8) is 0 Å². The lowest BCUT2D eigenvalue weighted by Crippen LogP contribution is -2.20. The fourth-order valence-electron chi connectivity index (χ4n) is 6.01. The number of fused-ring (bicyclic) bond motifs is 6. The van der Waals surface area contributed by atoms with Crippen LogP contribution in [-0.2, 0) is 5.41 Å². The Morgan fingerprint density at radius 3 is 1.92 bits per heavy atom. The molecule has 0 aliphatic heterocycles. The zero-order valence-corrected chi connectivity index (χ0v) is 21.9. The highest BCUT2D eigenvalue weighted by Gasteiger charge is 2.35. The van der Waals surface area contributed by atoms with Gasteiger partial charge in [-0.3, -0.25) is 0 Å². The Kier molecular flexibility index (Phi) is 5.24. The minimum atomic E-state index is -1.85. The van der Waals surface area contributed by atoms with Crippen molar-refractivity contribution in [1.29, 1.82) is 0 Å². The molecule has 0 unspecified atom stereocenters. The van der Waals surface area contributed by atoms with E-state index in [0.29, 0.717) is 5.75 Å². The number of hydrogen-bond donors (Lipinski definition) is 2. The van der Waals surface area contributed by atoms with Crippen LogP contribution in [0.5, 0.6) is 5.75 Å². The van der Waals surface area contributed by atoms with Gasteiger partial charge in [-0.2, -0.15) is 0 Å². The van der Waals surface area contributed by atoms with Crippen LogP contribution in [-0.4, -0.2) is 17.4 Å². The highest BCUT2D eigenvalue weighted by atomic mass is 32.1. The van der Waals surface area contributed by atoms with Crippen LogP contribution >= 0.6 is 11.3 Å². The minimum absolute atomic E-state index is 0.0433. The molecule has 1 aromatic heterocycles. The summed E-state index contributed by atoms with van der Waals surface area (Å²) in [5.41, 5.74) is 9.92. The van der Waals surface area contributed by atoms with Crippen molar-refractivity contribution in [2.24, 2.45) is 0 Å². The highest BCUT2D eigenvalue weighted by molar-refractivity contribution is 7.26. The minimum Gasteiger partial charge on any atom is -0.512 e. The van der Waals surface area contributed by atoms with Crippen molar-refractivity contribution in [3.05, 3.63) is 114 Å². The van der Waals surface area contributed by atoms with Crippen LogP contribution < -0.4 is 4.65 Å². The lowest BCUT2D eigenvalue weighted by atomic mass is 9.81. The second-order valence-electron chi connectivity index (χ2n) is 10.4. The first kappa shape index (κ1) is 23.2. The van der Waals surface area contributed by atoms with E-state index in [9.17, 15) is 10.0 Å². The van der Waals surface area contributed by atoms with E-state index in [-0.39, 0.29) is 5.41 Å². The molecule has 5 aromatic carbocycles. The molecule has 0 atom stereocenters. The van der Waals surface area contributed by atoms with E-state index >= 15 is 0 Å². The first-order valence-corrected chi connectivity index (χ1v) is 13.6. The molecule has 0 saturated carbocycles. The summed E-state index contributed by atoms with van der Waals surface area (Å²) >= 11 is 1.81. The van der Waals surface area contributed by atoms with Crippen LogP contribution in [0.2, 0.25) is 0 Å². The quantitative estimate of drug-likeness (QED) is 0.235. The van der Waals surface area contributed by atoms with E-state index < -0.39 is 7.32 Å². The van der Waals surface area contributed by atoms with Gasteiger partial charge in [-0.1, -0.05) is 98.8 Å². The molecule has 0 saturated heterocycles. The monoisotopic (exact) mass is 512 g/mol. The lowest BCUT2D eigenvalue weighted by Gasteiger charge is -2.22. The van der Waals surface area contributed by atoms with Gasteiger partial charge in [0.15, 0.2) is 0 Å². The zero-order valence-electron chi connectivity index (χ0n) is 21.1. The summed E-state index contributed by atoms with van der Waals surface area (Å²) < 4.78 is 7.58. The first-order valence-electron chi connectivity index (χ1n) is 12.7. The maximum Gasteiger partial charge on any atom is 0.707 e. The second kappa shape index (κ2) is 8.57. The molecule has 0 radical (unpaired) electrons. The molecule has 5 heteroatoms. The summed E-state index contributed by atoms with van der Waals surface area (Å²) in [5, 5.41) is 21.0. The Hall–Kier alpha value is -3.90. The van der Waals surface area contributed by atoms with Gasteiger partial charge in [-0.05, 0) is 62.7 Å². The van der Waals surface area contributed by atoms with Crippen LogP contribution in [0.1, 0.15) is 25.0 Å². The predicted octanol–water partition coefficient (Wildman–Crippen LogP) is 8.04. The fraction of sp³-hybridized carbons (Fsp3) is 0.0909. The van der Waals surface area contributed by atoms with E-state index in [1.807, 2.05) is 18.2 Å². The van der Waals surface area contributed by atoms with E-state index in [1.165, 1.54) is 53.6 Å². The van der Waals surface area contributed by atoms with Crippen LogP contribution in [0, 0.1) is 0 Å². The summed E-state index contributed by atoms with van der Waals surface area (Å²) in [6, 6.07) is 36.1. The molecule has 1 aliphatic carbocycles. The van der Waals surface area contributed by atoms with Crippen LogP contribution in [0.25, 0.3) is 53.6 Å². The molecule has 1 heterocycles. The van der Waals surface area contributed by atoms with Gasteiger partial charge < -0.3 is 14.7 Å². The standard InChI is InChI=1S/C33H25BO3S/c1-33(2)29-15-4-3-10-25(29)26-17-16-21(19-30(26)33)24-12-7-14-28-27-13-6-11-23(31(27)38-32(24)28)20-8-5-9-22(18-20)37-34(35)36/h3-19,35-36H,1-2H3. The van der Waals surface area contributed by atoms with Crippen molar-refractivity contribution < 1.29 is 14.7 Å². The van der Waals surface area contributed by atoms with Crippen molar-refractivity contribution in [2.45, 2.75) is 19.3 Å². The van der Waals surface area contributed by atoms with Gasteiger partial charge in [0.1, 0.15) is 5.75 Å². The Labute approximate surface area is 225 Å². The van der Waals surface area contributed by atoms with Gasteiger partial charge in [0.25, 0.3) is 0 Å². The van der Waals surface area contributed by atoms with Gasteiger partial charge in [-0.25, -0.2) is 0 Å². The smallest absolute Gasteiger partial charge is 0.512 e. The third-order valence-corrected chi connectivity index (χ3v) is 9.09. The number of rotatable bonds is 4. The molecular formula is C33H25BO3S. The highest BCUT2D eigenvalue weighted by Crippen LogP contribution is 2.50. The number of thiophene rings is 1. The van der Waals surface area contributed by atoms with Crippen molar-refractivity contribution in [1.82, 2.24) is 0 Å². The van der Waals surface area contributed by atoms with Crippen molar-refractivity contribution >= 4 is 38.8 Å². The number of benzene rings is 5. The second-order valence-corrected chi connectivity index (χ2v) is 11.4. The molecule has 3 nitrogen and oxygen atoms in total. The molecular weight excluding hydrogens is 487 g/mol. The van der Waals surface area contributed by atoms with Gasteiger partial charge in [0.2, 0.25) is 0 Å². The molecule has 1 aliphatic rings. The summed E-state index contributed by atoms with van der Waals surface area (Å²) in [5.74, 6) is 0.415. The summed E-state index contributed by atoms with van der Waals surface area (Å²) in [4.78, 5) is 0. The van der Waals surface area contributed by atoms with E-state index in [2.05, 4.69) is 92.7 Å². The van der Waals surface area contributed by atoms with Crippen molar-refractivity contribution in [3.8, 4) is 39.1 Å². The third-order valence-electron chi connectivity index (χ3n) is 7.81. The SMILES string of the molecule is CC1(C)c2ccccc2-c2ccc(-c3cccc4c3sc3c(-c5cccc(OB(O)O)c5)cccc34)cc21. The average molecular weight is 512 g/mol. The van der Waals surface area contributed by atoms with E-state index in [1.54, 1.807) is 17.4 Å². The van der Waals surface area contributed by atoms with Gasteiger partial charge in [0.05, 0.1) is 0 Å². The molecule has 0 amide bonds. The van der Waals surface area contributed by atoms with Gasteiger partial charge >= 0.3 is 7.32 Å². The Morgan fingerprint density at radius 2 is 1.21 bits per heavy atom. The third kappa shape index (κ3) is 3.51. The van der Waals surface area contributed by atoms with Crippen molar-refractivity contribution in [2.75, 3.05) is 0 Å². The van der Waals surface area contributed by atoms with Crippen LogP contribution in [0.15, 0.2) is 103 Å². The summed E-state index contributed by atoms with van der Waals surface area (Å²) in [7, 11) is -1.85. The van der Waals surface area contributed by atoms with Gasteiger partial charge in [0, 0.05) is 25.6 Å². The first-order chi connectivity index (χ1) is 18.4. The Balaban J connectivity index is 1.40. The van der Waals surface area contributed by atoms with Crippen LogP contribution in [0.4, 0.5) is 0 Å². The van der Waals surface area contributed by atoms with Crippen LogP contribution in [0.3, 0.4) is 0 Å². The number of hydrogen-bond acceptors (Lipinski definition) is 4. The molecule has 0 bridgehead atoms. The molecule has 184 valence electrons. The maximum absolute atomic E-state index is 9.25. The van der Waals surface area contributed by atoms with E-state index in [0.717, 1.165) is 11.1 Å². The normalized spacial score (nSPS) is 13.5. The fourth-order valence-corrected chi connectivity index (χ4v) is 7.38. The van der Waals surface area contributed by atoms with Gasteiger partial charge in [-0.15, -0.1) is 11.3 Å².